The summed E-state index contributed by atoms with van der Waals surface area (Å²) in [5.41, 5.74) is 2.50. The van der Waals surface area contributed by atoms with Gasteiger partial charge in [-0.05, 0) is 48.5 Å². The van der Waals surface area contributed by atoms with E-state index in [1.54, 1.807) is 48.9 Å². The Balaban J connectivity index is 1.77. The highest BCUT2D eigenvalue weighted by Gasteiger charge is 2.15. The van der Waals surface area contributed by atoms with Crippen LogP contribution in [0.3, 0.4) is 0 Å². The predicted molar refractivity (Wildman–Crippen MR) is 99.9 cm³/mol. The second kappa shape index (κ2) is 6.98. The summed E-state index contributed by atoms with van der Waals surface area (Å²) in [6.45, 7) is 0.301. The maximum absolute atomic E-state index is 12.8. The van der Waals surface area contributed by atoms with E-state index in [4.69, 9.17) is 16.0 Å². The fourth-order valence-corrected chi connectivity index (χ4v) is 2.88. The van der Waals surface area contributed by atoms with Crippen LogP contribution in [0, 0.1) is 0 Å². The zero-order chi connectivity index (χ0) is 17.9. The van der Waals surface area contributed by atoms with Gasteiger partial charge in [0.15, 0.2) is 0 Å². The molecule has 0 aliphatic rings. The van der Waals surface area contributed by atoms with E-state index in [1.807, 2.05) is 18.2 Å². The molecule has 3 heterocycles. The van der Waals surface area contributed by atoms with Gasteiger partial charge >= 0.3 is 0 Å². The van der Waals surface area contributed by atoms with Crippen LogP contribution in [0.4, 0.5) is 0 Å². The number of fused-ring (bicyclic) bond motifs is 1. The Kier molecular flexibility index (Phi) is 4.37. The summed E-state index contributed by atoms with van der Waals surface area (Å²) >= 11 is 6.12. The zero-order valence-corrected chi connectivity index (χ0v) is 14.4. The van der Waals surface area contributed by atoms with Crippen molar-refractivity contribution in [1.82, 2.24) is 15.3 Å². The first kappa shape index (κ1) is 16.3. The minimum absolute atomic E-state index is 0.228. The molecular formula is C20H14ClN3O2. The lowest BCUT2D eigenvalue weighted by Crippen LogP contribution is -2.23. The molecule has 0 spiro atoms. The number of furan rings is 1. The van der Waals surface area contributed by atoms with Crippen molar-refractivity contribution in [3.05, 3.63) is 83.4 Å². The highest BCUT2D eigenvalue weighted by atomic mass is 35.5. The van der Waals surface area contributed by atoms with Gasteiger partial charge in [-0.1, -0.05) is 17.7 Å². The van der Waals surface area contributed by atoms with Crippen LogP contribution in [0.5, 0.6) is 0 Å². The number of amides is 1. The highest BCUT2D eigenvalue weighted by molar-refractivity contribution is 6.31. The number of aromatic nitrogens is 2. The fourth-order valence-electron chi connectivity index (χ4n) is 2.71. The summed E-state index contributed by atoms with van der Waals surface area (Å²) in [6.07, 6.45) is 3.27. The quantitative estimate of drug-likeness (QED) is 0.580. The van der Waals surface area contributed by atoms with Gasteiger partial charge in [-0.2, -0.15) is 0 Å². The standard InChI is InChI=1S/C20H14ClN3O2/c21-13-6-7-17-15(10-13)16(20(25)23-12-14-4-3-9-26-14)11-19(24-17)18-5-1-2-8-22-18/h1-11H,12H2,(H,23,25). The van der Waals surface area contributed by atoms with Crippen LogP contribution in [0.25, 0.3) is 22.3 Å². The molecule has 0 radical (unpaired) electrons. The van der Waals surface area contributed by atoms with Crippen LogP contribution in [-0.2, 0) is 6.54 Å². The molecule has 3 aromatic heterocycles. The molecule has 1 amide bonds. The Morgan fingerprint density at radius 2 is 2.00 bits per heavy atom. The SMILES string of the molecule is O=C(NCc1ccco1)c1cc(-c2ccccn2)nc2ccc(Cl)cc12. The fraction of sp³-hybridized carbons (Fsp3) is 0.0500. The van der Waals surface area contributed by atoms with E-state index < -0.39 is 0 Å². The Morgan fingerprint density at radius 1 is 1.08 bits per heavy atom. The van der Waals surface area contributed by atoms with E-state index in [0.717, 1.165) is 0 Å². The smallest absolute Gasteiger partial charge is 0.252 e. The van der Waals surface area contributed by atoms with Gasteiger partial charge in [0.1, 0.15) is 5.76 Å². The average molecular weight is 364 g/mol. The van der Waals surface area contributed by atoms with Crippen LogP contribution >= 0.6 is 11.6 Å². The number of halogens is 1. The van der Waals surface area contributed by atoms with Crippen LogP contribution < -0.4 is 5.32 Å². The van der Waals surface area contributed by atoms with Crippen LogP contribution in [-0.4, -0.2) is 15.9 Å². The molecule has 0 aliphatic carbocycles. The van der Waals surface area contributed by atoms with Crippen LogP contribution in [0.1, 0.15) is 16.1 Å². The Labute approximate surface area is 154 Å². The van der Waals surface area contributed by atoms with Gasteiger partial charge in [-0.15, -0.1) is 0 Å². The van der Waals surface area contributed by atoms with Crippen molar-refractivity contribution in [2.75, 3.05) is 0 Å². The normalized spacial score (nSPS) is 10.8. The van der Waals surface area contributed by atoms with E-state index in [2.05, 4.69) is 15.3 Å². The van der Waals surface area contributed by atoms with E-state index in [-0.39, 0.29) is 5.91 Å². The molecule has 4 rings (SSSR count). The lowest BCUT2D eigenvalue weighted by Gasteiger charge is -2.10. The maximum Gasteiger partial charge on any atom is 0.252 e. The van der Waals surface area contributed by atoms with Crippen molar-refractivity contribution in [3.63, 3.8) is 0 Å². The minimum atomic E-state index is -0.228. The van der Waals surface area contributed by atoms with Gasteiger partial charge < -0.3 is 9.73 Å². The van der Waals surface area contributed by atoms with E-state index >= 15 is 0 Å². The van der Waals surface area contributed by atoms with Gasteiger partial charge in [-0.3, -0.25) is 9.78 Å². The summed E-state index contributed by atoms with van der Waals surface area (Å²) in [5, 5.41) is 4.10. The second-order valence-electron chi connectivity index (χ2n) is 5.69. The minimum Gasteiger partial charge on any atom is -0.467 e. The lowest BCUT2D eigenvalue weighted by molar-refractivity contribution is 0.0949. The predicted octanol–water partition coefficient (Wildman–Crippen LogP) is 4.47. The molecular weight excluding hydrogens is 350 g/mol. The number of carbonyl (C=O) groups is 1. The number of hydrogen-bond acceptors (Lipinski definition) is 4. The zero-order valence-electron chi connectivity index (χ0n) is 13.6. The number of benzene rings is 1. The first-order chi connectivity index (χ1) is 12.7. The van der Waals surface area contributed by atoms with Gasteiger partial charge in [0.2, 0.25) is 0 Å². The Hall–Kier alpha value is -3.18. The largest absolute Gasteiger partial charge is 0.467 e. The van der Waals surface area contributed by atoms with E-state index in [0.29, 0.717) is 45.2 Å². The summed E-state index contributed by atoms with van der Waals surface area (Å²) in [5.74, 6) is 0.452. The molecule has 0 unspecified atom stereocenters. The van der Waals surface area contributed by atoms with Crippen LogP contribution in [0.15, 0.2) is 71.5 Å². The van der Waals surface area contributed by atoms with Crippen molar-refractivity contribution in [2.24, 2.45) is 0 Å². The first-order valence-corrected chi connectivity index (χ1v) is 8.41. The summed E-state index contributed by atoms with van der Waals surface area (Å²) in [4.78, 5) is 21.7. The number of pyridine rings is 2. The Bertz CT molecular complexity index is 1060. The molecule has 6 heteroatoms. The van der Waals surface area contributed by atoms with Gasteiger partial charge in [0.05, 0.1) is 35.3 Å². The molecule has 0 fully saturated rings. The van der Waals surface area contributed by atoms with Crippen molar-refractivity contribution in [3.8, 4) is 11.4 Å². The number of nitrogens with zero attached hydrogens (tertiary/aromatic N) is 2. The average Bonchev–Trinajstić information content (AvgIpc) is 3.19. The number of carbonyl (C=O) groups excluding carboxylic acids is 1. The van der Waals surface area contributed by atoms with Crippen LogP contribution in [0.2, 0.25) is 5.02 Å². The topological polar surface area (TPSA) is 68.0 Å². The summed E-state index contributed by atoms with van der Waals surface area (Å²) < 4.78 is 5.26. The molecule has 26 heavy (non-hydrogen) atoms. The third kappa shape index (κ3) is 3.30. The molecule has 0 aliphatic heterocycles. The molecule has 0 saturated carbocycles. The van der Waals surface area contributed by atoms with Crippen molar-refractivity contribution in [1.29, 1.82) is 0 Å². The molecule has 128 valence electrons. The first-order valence-electron chi connectivity index (χ1n) is 8.03. The number of hydrogen-bond donors (Lipinski definition) is 1. The molecule has 0 saturated heterocycles. The molecule has 0 bridgehead atoms. The maximum atomic E-state index is 12.8. The van der Waals surface area contributed by atoms with Gasteiger partial charge in [0, 0.05) is 16.6 Å². The Morgan fingerprint density at radius 3 is 2.77 bits per heavy atom. The van der Waals surface area contributed by atoms with Crippen molar-refractivity contribution in [2.45, 2.75) is 6.54 Å². The van der Waals surface area contributed by atoms with Crippen molar-refractivity contribution >= 4 is 28.4 Å². The molecule has 1 N–H and O–H groups in total. The lowest BCUT2D eigenvalue weighted by atomic mass is 10.1. The number of nitrogens with one attached hydrogen (secondary N) is 1. The summed E-state index contributed by atoms with van der Waals surface area (Å²) in [7, 11) is 0. The molecule has 5 nitrogen and oxygen atoms in total. The van der Waals surface area contributed by atoms with Crippen molar-refractivity contribution < 1.29 is 9.21 Å². The monoisotopic (exact) mass is 363 g/mol. The van der Waals surface area contributed by atoms with Gasteiger partial charge in [0.25, 0.3) is 5.91 Å². The molecule has 4 aromatic rings. The molecule has 0 atom stereocenters. The third-order valence-corrected chi connectivity index (χ3v) is 4.18. The molecule has 1 aromatic carbocycles. The second-order valence-corrected chi connectivity index (χ2v) is 6.13. The van der Waals surface area contributed by atoms with Gasteiger partial charge in [-0.25, -0.2) is 4.98 Å². The number of rotatable bonds is 4. The highest BCUT2D eigenvalue weighted by Crippen LogP contribution is 2.26. The van der Waals surface area contributed by atoms with E-state index in [9.17, 15) is 4.79 Å². The third-order valence-electron chi connectivity index (χ3n) is 3.95. The van der Waals surface area contributed by atoms with E-state index in [1.165, 1.54) is 0 Å². The summed E-state index contributed by atoms with van der Waals surface area (Å²) in [6, 6.07) is 16.2.